The Morgan fingerprint density at radius 1 is 1.00 bits per heavy atom. The van der Waals surface area contributed by atoms with Gasteiger partial charge in [0.1, 0.15) is 11.9 Å². The minimum atomic E-state index is -1.08. The minimum absolute atomic E-state index is 0.0174. The van der Waals surface area contributed by atoms with Crippen molar-refractivity contribution in [2.75, 3.05) is 16.8 Å². The van der Waals surface area contributed by atoms with Crippen molar-refractivity contribution in [2.24, 2.45) is 0 Å². The molecule has 4 rings (SSSR count). The van der Waals surface area contributed by atoms with Crippen LogP contribution in [0.3, 0.4) is 0 Å². The Bertz CT molecular complexity index is 1320. The summed E-state index contributed by atoms with van der Waals surface area (Å²) in [6, 6.07) is 17.1. The molecule has 0 unspecified atom stereocenters. The standard InChI is InChI=1S/C28H26FN3O5/c1-3-37-27(35)20-5-4-6-22(15-20)30-25(33)16-24-26(34)32(23-13-7-18(2)8-14-23)28(36)31(24)17-19-9-11-21(29)12-10-19/h4-15,24H,3,16-17H2,1-2H3,(H,30,33)/t24-/m1/s1. The van der Waals surface area contributed by atoms with Crippen molar-refractivity contribution in [3.8, 4) is 0 Å². The molecular weight excluding hydrogens is 477 g/mol. The van der Waals surface area contributed by atoms with Crippen LogP contribution in [-0.4, -0.2) is 41.4 Å². The highest BCUT2D eigenvalue weighted by Gasteiger charge is 2.46. The van der Waals surface area contributed by atoms with Gasteiger partial charge in [0.25, 0.3) is 5.91 Å². The lowest BCUT2D eigenvalue weighted by molar-refractivity contribution is -0.124. The molecule has 1 N–H and O–H groups in total. The number of rotatable bonds is 8. The third-order valence-corrected chi connectivity index (χ3v) is 5.91. The summed E-state index contributed by atoms with van der Waals surface area (Å²) < 4.78 is 18.4. The number of esters is 1. The molecule has 0 aliphatic carbocycles. The average molecular weight is 504 g/mol. The van der Waals surface area contributed by atoms with E-state index in [2.05, 4.69) is 5.32 Å². The lowest BCUT2D eigenvalue weighted by atomic mass is 10.1. The second-order valence-electron chi connectivity index (χ2n) is 8.62. The number of nitrogens with one attached hydrogen (secondary N) is 1. The van der Waals surface area contributed by atoms with E-state index in [1.54, 1.807) is 49.4 Å². The topological polar surface area (TPSA) is 96.0 Å². The van der Waals surface area contributed by atoms with Crippen LogP contribution >= 0.6 is 0 Å². The van der Waals surface area contributed by atoms with E-state index in [1.165, 1.54) is 35.2 Å². The summed E-state index contributed by atoms with van der Waals surface area (Å²) in [5, 5.41) is 2.69. The van der Waals surface area contributed by atoms with Gasteiger partial charge in [-0.3, -0.25) is 9.59 Å². The molecule has 1 saturated heterocycles. The van der Waals surface area contributed by atoms with Gasteiger partial charge in [-0.1, -0.05) is 35.9 Å². The van der Waals surface area contributed by atoms with E-state index >= 15 is 0 Å². The molecule has 8 nitrogen and oxygen atoms in total. The van der Waals surface area contributed by atoms with Gasteiger partial charge in [-0.25, -0.2) is 18.9 Å². The number of aryl methyl sites for hydroxylation is 1. The number of amides is 4. The van der Waals surface area contributed by atoms with Crippen LogP contribution in [0.4, 0.5) is 20.6 Å². The van der Waals surface area contributed by atoms with E-state index < -0.39 is 35.7 Å². The third-order valence-electron chi connectivity index (χ3n) is 5.91. The first-order valence-corrected chi connectivity index (χ1v) is 11.8. The quantitative estimate of drug-likeness (QED) is 0.356. The highest BCUT2D eigenvalue weighted by Crippen LogP contribution is 2.29. The molecule has 0 radical (unpaired) electrons. The van der Waals surface area contributed by atoms with E-state index in [0.717, 1.165) is 10.5 Å². The van der Waals surface area contributed by atoms with Crippen LogP contribution in [-0.2, 0) is 20.9 Å². The highest BCUT2D eigenvalue weighted by atomic mass is 19.1. The fraction of sp³-hybridized carbons (Fsp3) is 0.214. The summed E-state index contributed by atoms with van der Waals surface area (Å²) in [4.78, 5) is 54.2. The molecule has 1 aliphatic rings. The van der Waals surface area contributed by atoms with E-state index in [1.807, 2.05) is 6.92 Å². The maximum atomic E-state index is 13.4. The summed E-state index contributed by atoms with van der Waals surface area (Å²) in [5.41, 5.74) is 2.60. The monoisotopic (exact) mass is 503 g/mol. The van der Waals surface area contributed by atoms with Crippen molar-refractivity contribution in [2.45, 2.75) is 32.9 Å². The Morgan fingerprint density at radius 3 is 2.38 bits per heavy atom. The molecule has 1 heterocycles. The number of anilines is 2. The maximum Gasteiger partial charge on any atom is 0.338 e. The zero-order valence-electron chi connectivity index (χ0n) is 20.4. The van der Waals surface area contributed by atoms with Crippen LogP contribution in [0.15, 0.2) is 72.8 Å². The Balaban J connectivity index is 1.57. The molecular formula is C28H26FN3O5. The number of carbonyl (C=O) groups excluding carboxylic acids is 4. The van der Waals surface area contributed by atoms with Crippen LogP contribution in [0.25, 0.3) is 0 Å². The second kappa shape index (κ2) is 11.0. The van der Waals surface area contributed by atoms with Gasteiger partial charge in [0.2, 0.25) is 5.91 Å². The van der Waals surface area contributed by atoms with E-state index in [0.29, 0.717) is 16.9 Å². The van der Waals surface area contributed by atoms with Crippen molar-refractivity contribution < 1.29 is 28.3 Å². The van der Waals surface area contributed by atoms with Crippen LogP contribution in [0, 0.1) is 12.7 Å². The second-order valence-corrected chi connectivity index (χ2v) is 8.62. The van der Waals surface area contributed by atoms with Gasteiger partial charge in [-0.2, -0.15) is 0 Å². The van der Waals surface area contributed by atoms with Crippen molar-refractivity contribution in [3.63, 3.8) is 0 Å². The summed E-state index contributed by atoms with van der Waals surface area (Å²) in [5.74, 6) is -1.99. The third kappa shape index (κ3) is 5.83. The Hall–Kier alpha value is -4.53. The van der Waals surface area contributed by atoms with Gasteiger partial charge in [0.15, 0.2) is 0 Å². The number of hydrogen-bond acceptors (Lipinski definition) is 5. The number of hydrogen-bond donors (Lipinski definition) is 1. The van der Waals surface area contributed by atoms with Gasteiger partial charge in [0.05, 0.1) is 24.3 Å². The number of urea groups is 1. The largest absolute Gasteiger partial charge is 0.462 e. The minimum Gasteiger partial charge on any atom is -0.462 e. The molecule has 0 bridgehead atoms. The van der Waals surface area contributed by atoms with Crippen LogP contribution < -0.4 is 10.2 Å². The van der Waals surface area contributed by atoms with Gasteiger partial charge in [0, 0.05) is 12.2 Å². The van der Waals surface area contributed by atoms with Gasteiger partial charge in [-0.15, -0.1) is 0 Å². The fourth-order valence-corrected chi connectivity index (χ4v) is 4.06. The van der Waals surface area contributed by atoms with Crippen molar-refractivity contribution in [3.05, 3.63) is 95.3 Å². The number of carbonyl (C=O) groups is 4. The predicted octanol–water partition coefficient (Wildman–Crippen LogP) is 4.68. The summed E-state index contributed by atoms with van der Waals surface area (Å²) >= 11 is 0. The lowest BCUT2D eigenvalue weighted by Crippen LogP contribution is -2.37. The van der Waals surface area contributed by atoms with Crippen LogP contribution in [0.2, 0.25) is 0 Å². The number of benzene rings is 3. The van der Waals surface area contributed by atoms with Crippen LogP contribution in [0.1, 0.15) is 34.8 Å². The molecule has 0 spiro atoms. The molecule has 0 saturated carbocycles. The number of halogens is 1. The summed E-state index contributed by atoms with van der Waals surface area (Å²) in [6.07, 6.45) is -0.308. The molecule has 0 aromatic heterocycles. The molecule has 3 aromatic rings. The van der Waals surface area contributed by atoms with Crippen molar-refractivity contribution in [1.29, 1.82) is 0 Å². The number of nitrogens with zero attached hydrogens (tertiary/aromatic N) is 2. The molecule has 1 aliphatic heterocycles. The number of ether oxygens (including phenoxy) is 1. The van der Waals surface area contributed by atoms with Crippen molar-refractivity contribution >= 4 is 35.2 Å². The van der Waals surface area contributed by atoms with Gasteiger partial charge >= 0.3 is 12.0 Å². The van der Waals surface area contributed by atoms with E-state index in [9.17, 15) is 23.6 Å². The Labute approximate surface area is 213 Å². The zero-order chi connectivity index (χ0) is 26.5. The first kappa shape index (κ1) is 25.6. The highest BCUT2D eigenvalue weighted by molar-refractivity contribution is 6.22. The summed E-state index contributed by atoms with van der Waals surface area (Å²) in [7, 11) is 0. The Kier molecular flexibility index (Phi) is 7.62. The first-order valence-electron chi connectivity index (χ1n) is 11.8. The molecule has 190 valence electrons. The van der Waals surface area contributed by atoms with Gasteiger partial charge < -0.3 is 15.0 Å². The number of imide groups is 1. The smallest absolute Gasteiger partial charge is 0.338 e. The molecule has 3 aromatic carbocycles. The first-order chi connectivity index (χ1) is 17.8. The normalized spacial score (nSPS) is 15.2. The van der Waals surface area contributed by atoms with Gasteiger partial charge in [-0.05, 0) is 61.9 Å². The zero-order valence-corrected chi connectivity index (χ0v) is 20.4. The summed E-state index contributed by atoms with van der Waals surface area (Å²) in [6.45, 7) is 3.82. The molecule has 1 fully saturated rings. The molecule has 4 amide bonds. The fourth-order valence-electron chi connectivity index (χ4n) is 4.06. The van der Waals surface area contributed by atoms with Crippen LogP contribution in [0.5, 0.6) is 0 Å². The Morgan fingerprint density at radius 2 is 1.70 bits per heavy atom. The molecule has 9 heteroatoms. The van der Waals surface area contributed by atoms with E-state index in [4.69, 9.17) is 4.74 Å². The van der Waals surface area contributed by atoms with Crippen molar-refractivity contribution in [1.82, 2.24) is 4.90 Å². The molecule has 1 atom stereocenters. The SMILES string of the molecule is CCOC(=O)c1cccc(NC(=O)C[C@@H]2C(=O)N(c3ccc(C)cc3)C(=O)N2Cc2ccc(F)cc2)c1. The lowest BCUT2D eigenvalue weighted by Gasteiger charge is -2.21. The van der Waals surface area contributed by atoms with E-state index in [-0.39, 0.29) is 25.1 Å². The maximum absolute atomic E-state index is 13.4. The average Bonchev–Trinajstić information content (AvgIpc) is 3.10. The molecule has 37 heavy (non-hydrogen) atoms. The predicted molar refractivity (Wildman–Crippen MR) is 135 cm³/mol.